The van der Waals surface area contributed by atoms with E-state index in [4.69, 9.17) is 37.4 Å². The average Bonchev–Trinajstić information content (AvgIpc) is 2.89. The molecule has 0 atom stereocenters. The fraction of sp³-hybridized carbons (Fsp3) is 0.407. The molecule has 190 valence electrons. The molecule has 1 fully saturated rings. The van der Waals surface area contributed by atoms with Gasteiger partial charge >= 0.3 is 0 Å². The van der Waals surface area contributed by atoms with Gasteiger partial charge in [0.15, 0.2) is 17.2 Å². The first kappa shape index (κ1) is 26.2. The zero-order valence-corrected chi connectivity index (χ0v) is 22.2. The molecule has 3 aromatic rings. The van der Waals surface area contributed by atoms with E-state index < -0.39 is 0 Å². The Morgan fingerprint density at radius 3 is 2.61 bits per heavy atom. The summed E-state index contributed by atoms with van der Waals surface area (Å²) < 4.78 is 17.1. The van der Waals surface area contributed by atoms with Crippen molar-refractivity contribution in [3.05, 3.63) is 46.1 Å². The van der Waals surface area contributed by atoms with Crippen molar-refractivity contribution in [3.63, 3.8) is 0 Å². The Morgan fingerprint density at radius 2 is 1.92 bits per heavy atom. The molecule has 1 aliphatic rings. The maximum Gasteiger partial charge on any atom is 0.163 e. The van der Waals surface area contributed by atoms with Gasteiger partial charge < -0.3 is 24.4 Å². The number of anilines is 2. The molecule has 0 bridgehead atoms. The minimum absolute atomic E-state index is 0.315. The van der Waals surface area contributed by atoms with Gasteiger partial charge in [0.2, 0.25) is 0 Å². The zero-order valence-electron chi connectivity index (χ0n) is 20.7. The molecule has 2 aromatic carbocycles. The Balaban J connectivity index is 1.57. The van der Waals surface area contributed by atoms with E-state index in [1.54, 1.807) is 19.2 Å². The number of nitriles is 1. The summed E-state index contributed by atoms with van der Waals surface area (Å²) in [5, 5.41) is 14.4. The van der Waals surface area contributed by atoms with Gasteiger partial charge in [-0.2, -0.15) is 5.26 Å². The van der Waals surface area contributed by atoms with Gasteiger partial charge in [0.25, 0.3) is 0 Å². The van der Waals surface area contributed by atoms with Crippen molar-refractivity contribution in [1.82, 2.24) is 9.88 Å². The topological polar surface area (TPSA) is 79.6 Å². The van der Waals surface area contributed by atoms with E-state index in [-0.39, 0.29) is 0 Å². The summed E-state index contributed by atoms with van der Waals surface area (Å²) in [7, 11) is 5.28. The largest absolute Gasteiger partial charge is 0.494 e. The lowest BCUT2D eigenvalue weighted by molar-refractivity contribution is 0.199. The zero-order chi connectivity index (χ0) is 25.7. The fourth-order valence-electron chi connectivity index (χ4n) is 4.55. The summed E-state index contributed by atoms with van der Waals surface area (Å²) in [5.41, 5.74) is 2.14. The van der Waals surface area contributed by atoms with Gasteiger partial charge in [-0.3, -0.25) is 4.98 Å². The summed E-state index contributed by atoms with van der Waals surface area (Å²) in [6.07, 6.45) is 6.18. The van der Waals surface area contributed by atoms with Crippen molar-refractivity contribution in [3.8, 4) is 23.3 Å². The summed E-state index contributed by atoms with van der Waals surface area (Å²) in [4.78, 5) is 6.87. The van der Waals surface area contributed by atoms with Crippen molar-refractivity contribution < 1.29 is 14.2 Å². The van der Waals surface area contributed by atoms with Gasteiger partial charge in [0.1, 0.15) is 11.1 Å². The van der Waals surface area contributed by atoms with Crippen LogP contribution in [0.15, 0.2) is 30.5 Å². The Kier molecular flexibility index (Phi) is 8.63. The third-order valence-electron chi connectivity index (χ3n) is 6.64. The number of benzene rings is 2. The van der Waals surface area contributed by atoms with Crippen LogP contribution in [0.4, 0.5) is 11.4 Å². The van der Waals surface area contributed by atoms with Crippen molar-refractivity contribution in [2.75, 3.05) is 46.3 Å². The third-order valence-corrected chi connectivity index (χ3v) is 7.31. The predicted molar refractivity (Wildman–Crippen MR) is 144 cm³/mol. The summed E-state index contributed by atoms with van der Waals surface area (Å²) in [6, 6.07) is 9.29. The Hall–Kier alpha value is -2.92. The van der Waals surface area contributed by atoms with E-state index >= 15 is 0 Å². The first-order chi connectivity index (χ1) is 17.4. The molecule has 0 saturated carbocycles. The van der Waals surface area contributed by atoms with Gasteiger partial charge in [-0.1, -0.05) is 23.2 Å². The lowest BCUT2D eigenvalue weighted by atomic mass is 9.93. The molecular formula is C27H30Cl2N4O3. The average molecular weight is 529 g/mol. The number of hydrogen-bond acceptors (Lipinski definition) is 7. The number of nitrogens with zero attached hydrogens (tertiary/aromatic N) is 3. The number of rotatable bonds is 9. The van der Waals surface area contributed by atoms with Crippen molar-refractivity contribution >= 4 is 45.5 Å². The monoisotopic (exact) mass is 528 g/mol. The quantitative estimate of drug-likeness (QED) is 0.310. The number of likely N-dealkylation sites (tertiary alicyclic amines) is 1. The molecule has 0 unspecified atom stereocenters. The second kappa shape index (κ2) is 11.9. The van der Waals surface area contributed by atoms with Gasteiger partial charge in [-0.05, 0) is 69.9 Å². The summed E-state index contributed by atoms with van der Waals surface area (Å²) in [6.45, 7) is 2.95. The fourth-order valence-corrected chi connectivity index (χ4v) is 5.12. The van der Waals surface area contributed by atoms with Crippen LogP contribution in [0.3, 0.4) is 0 Å². The minimum atomic E-state index is 0.315. The first-order valence-electron chi connectivity index (χ1n) is 12.0. The van der Waals surface area contributed by atoms with Gasteiger partial charge in [-0.25, -0.2) is 0 Å². The lowest BCUT2D eigenvalue weighted by Crippen LogP contribution is -2.30. The van der Waals surface area contributed by atoms with Gasteiger partial charge in [-0.15, -0.1) is 0 Å². The van der Waals surface area contributed by atoms with E-state index in [0.717, 1.165) is 18.8 Å². The van der Waals surface area contributed by atoms with Crippen molar-refractivity contribution in [2.24, 2.45) is 5.92 Å². The standard InChI is InChI=1S/C27H30Cl2N4O3/c1-33-10-8-17(9-11-33)5-4-12-36-24-14-22-19(13-23(24)34-2)26(18(15-30)16-31-22)32-21-7-6-20(28)27(35-3)25(21)29/h6-7,13-14,16-17H,4-5,8-12H2,1-3H3,(H,31,32). The smallest absolute Gasteiger partial charge is 0.163 e. The van der Waals surface area contributed by atoms with Crippen molar-refractivity contribution in [2.45, 2.75) is 25.7 Å². The number of pyridine rings is 1. The molecule has 1 aromatic heterocycles. The molecule has 0 spiro atoms. The maximum atomic E-state index is 9.75. The number of methoxy groups -OCH3 is 2. The number of aromatic nitrogens is 1. The number of hydrogen-bond donors (Lipinski definition) is 1. The second-order valence-electron chi connectivity index (χ2n) is 8.98. The molecular weight excluding hydrogens is 499 g/mol. The predicted octanol–water partition coefficient (Wildman–Crippen LogP) is 6.67. The Labute approximate surface area is 221 Å². The number of piperidine rings is 1. The Morgan fingerprint density at radius 1 is 1.14 bits per heavy atom. The number of ether oxygens (including phenoxy) is 3. The molecule has 36 heavy (non-hydrogen) atoms. The molecule has 4 rings (SSSR count). The lowest BCUT2D eigenvalue weighted by Gasteiger charge is -2.28. The highest BCUT2D eigenvalue weighted by Gasteiger charge is 2.19. The normalized spacial score (nSPS) is 14.4. The van der Waals surface area contributed by atoms with Gasteiger partial charge in [0, 0.05) is 17.6 Å². The highest BCUT2D eigenvalue weighted by molar-refractivity contribution is 6.39. The van der Waals surface area contributed by atoms with Crippen LogP contribution >= 0.6 is 23.2 Å². The molecule has 7 nitrogen and oxygen atoms in total. The van der Waals surface area contributed by atoms with Crippen LogP contribution in [-0.4, -0.2) is 50.8 Å². The molecule has 1 saturated heterocycles. The molecule has 2 heterocycles. The third kappa shape index (κ3) is 5.73. The van der Waals surface area contributed by atoms with Gasteiger partial charge in [0.05, 0.1) is 48.3 Å². The second-order valence-corrected chi connectivity index (χ2v) is 9.77. The van der Waals surface area contributed by atoms with E-state index in [1.165, 1.54) is 39.2 Å². The number of fused-ring (bicyclic) bond motifs is 1. The molecule has 9 heteroatoms. The van der Waals surface area contributed by atoms with Crippen LogP contribution in [0.5, 0.6) is 17.2 Å². The highest BCUT2D eigenvalue weighted by Crippen LogP contribution is 2.42. The van der Waals surface area contributed by atoms with Crippen LogP contribution < -0.4 is 19.5 Å². The van der Waals surface area contributed by atoms with Crippen LogP contribution in [0.25, 0.3) is 10.9 Å². The first-order valence-corrected chi connectivity index (χ1v) is 12.7. The summed E-state index contributed by atoms with van der Waals surface area (Å²) in [5.74, 6) is 2.32. The highest BCUT2D eigenvalue weighted by atomic mass is 35.5. The SMILES string of the molecule is COc1cc2c(Nc3ccc(Cl)c(OC)c3Cl)c(C#N)cnc2cc1OCCCC1CCN(C)CC1. The molecule has 0 aliphatic carbocycles. The Bertz CT molecular complexity index is 1270. The molecule has 1 N–H and O–H groups in total. The minimum Gasteiger partial charge on any atom is -0.494 e. The number of halogens is 2. The maximum absolute atomic E-state index is 9.75. The van der Waals surface area contributed by atoms with E-state index in [9.17, 15) is 5.26 Å². The van der Waals surface area contributed by atoms with Crippen LogP contribution in [0, 0.1) is 17.2 Å². The van der Waals surface area contributed by atoms with Crippen LogP contribution in [0.2, 0.25) is 10.0 Å². The van der Waals surface area contributed by atoms with Crippen molar-refractivity contribution in [1.29, 1.82) is 5.26 Å². The molecule has 0 radical (unpaired) electrons. The van der Waals surface area contributed by atoms with Crippen LogP contribution in [-0.2, 0) is 0 Å². The van der Waals surface area contributed by atoms with E-state index in [2.05, 4.69) is 28.3 Å². The molecule has 1 aliphatic heterocycles. The van der Waals surface area contributed by atoms with E-state index in [1.807, 2.05) is 12.1 Å². The van der Waals surface area contributed by atoms with Crippen LogP contribution in [0.1, 0.15) is 31.2 Å². The molecule has 0 amide bonds. The number of nitrogens with one attached hydrogen (secondary N) is 1. The van der Waals surface area contributed by atoms with E-state index in [0.29, 0.717) is 61.7 Å². The summed E-state index contributed by atoms with van der Waals surface area (Å²) >= 11 is 12.7.